The normalized spacial score (nSPS) is 19.5. The summed E-state index contributed by atoms with van der Waals surface area (Å²) in [6.07, 6.45) is -6.16. The monoisotopic (exact) mass is 333 g/mol. The molecule has 23 heavy (non-hydrogen) atoms. The number of amides is 3. The molecule has 2 atom stereocenters. The Bertz CT molecular complexity index is 589. The number of urea groups is 1. The van der Waals surface area contributed by atoms with E-state index in [1.165, 1.54) is 4.90 Å². The van der Waals surface area contributed by atoms with Gasteiger partial charge in [-0.05, 0) is 24.1 Å². The quantitative estimate of drug-likeness (QED) is 0.830. The molecule has 0 radical (unpaired) electrons. The number of likely N-dealkylation sites (tertiary alicyclic amines) is 1. The van der Waals surface area contributed by atoms with Gasteiger partial charge in [0.05, 0.1) is 5.56 Å². The van der Waals surface area contributed by atoms with Crippen LogP contribution in [0, 0.1) is 0 Å². The van der Waals surface area contributed by atoms with Crippen molar-refractivity contribution in [1.82, 2.24) is 10.2 Å². The predicted molar refractivity (Wildman–Crippen MR) is 73.0 cm³/mol. The van der Waals surface area contributed by atoms with E-state index >= 15 is 0 Å². The van der Waals surface area contributed by atoms with Gasteiger partial charge in [0.2, 0.25) is 6.17 Å². The van der Waals surface area contributed by atoms with Crippen LogP contribution in [0.5, 0.6) is 0 Å². The average molecular weight is 333 g/mol. The number of alkyl halides is 4. The molecular formula is C14H15F4N3O2. The van der Waals surface area contributed by atoms with Crippen LogP contribution >= 0.6 is 0 Å². The molecule has 126 valence electrons. The molecule has 5 nitrogen and oxygen atoms in total. The number of nitrogens with one attached hydrogen (secondary N) is 1. The van der Waals surface area contributed by atoms with E-state index in [1.54, 1.807) is 0 Å². The molecule has 0 saturated carbocycles. The highest BCUT2D eigenvalue weighted by atomic mass is 19.4. The molecular weight excluding hydrogens is 318 g/mol. The summed E-state index contributed by atoms with van der Waals surface area (Å²) in [6, 6.07) is 2.25. The highest BCUT2D eigenvalue weighted by Gasteiger charge is 2.32. The molecule has 2 unspecified atom stereocenters. The summed E-state index contributed by atoms with van der Waals surface area (Å²) in [4.78, 5) is 24.1. The molecule has 1 heterocycles. The Morgan fingerprint density at radius 1 is 1.26 bits per heavy atom. The van der Waals surface area contributed by atoms with E-state index in [9.17, 15) is 27.2 Å². The van der Waals surface area contributed by atoms with Gasteiger partial charge in [-0.3, -0.25) is 4.79 Å². The Labute approximate surface area is 129 Å². The fraction of sp³-hybridized carbons (Fsp3) is 0.429. The van der Waals surface area contributed by atoms with E-state index in [2.05, 4.69) is 5.32 Å². The van der Waals surface area contributed by atoms with Crippen LogP contribution < -0.4 is 11.1 Å². The maximum atomic E-state index is 14.1. The number of carbonyl (C=O) groups is 2. The molecule has 0 spiro atoms. The third-order valence-electron chi connectivity index (χ3n) is 3.61. The fourth-order valence-electron chi connectivity index (χ4n) is 2.35. The minimum absolute atomic E-state index is 0.166. The first-order chi connectivity index (χ1) is 10.7. The number of hydrogen-bond donors (Lipinski definition) is 2. The number of carbonyl (C=O) groups excluding carboxylic acids is 2. The van der Waals surface area contributed by atoms with Gasteiger partial charge >= 0.3 is 12.2 Å². The molecule has 9 heteroatoms. The van der Waals surface area contributed by atoms with Gasteiger partial charge in [-0.15, -0.1) is 0 Å². The molecule has 0 bridgehead atoms. The zero-order valence-corrected chi connectivity index (χ0v) is 11.9. The summed E-state index contributed by atoms with van der Waals surface area (Å²) in [6.45, 7) is 0.540. The molecule has 1 fully saturated rings. The van der Waals surface area contributed by atoms with Crippen LogP contribution in [0.25, 0.3) is 0 Å². The first-order valence-corrected chi connectivity index (χ1v) is 6.84. The average Bonchev–Trinajstić information content (AvgIpc) is 2.94. The largest absolute Gasteiger partial charge is 0.416 e. The van der Waals surface area contributed by atoms with E-state index < -0.39 is 35.9 Å². The predicted octanol–water partition coefficient (Wildman–Crippen LogP) is 1.99. The Kier molecular flexibility index (Phi) is 4.76. The molecule has 1 saturated heterocycles. The summed E-state index contributed by atoms with van der Waals surface area (Å²) in [5.74, 6) is -0.957. The standard InChI is InChI=1S/C14H15F4N3O2/c15-11(8-1-3-9(4-2-8)14(16,17)18)12(22)20-10-5-6-21(7-10)13(19)23/h1-4,10-11H,5-7H2,(H2,19,23)(H,20,22). The first-order valence-electron chi connectivity index (χ1n) is 6.84. The second-order valence-electron chi connectivity index (χ2n) is 5.26. The summed E-state index contributed by atoms with van der Waals surface area (Å²) in [5.41, 5.74) is 4.02. The third-order valence-corrected chi connectivity index (χ3v) is 3.61. The number of halogens is 4. The molecule has 3 amide bonds. The van der Waals surface area contributed by atoms with Crippen LogP contribution in [0.1, 0.15) is 23.7 Å². The number of rotatable bonds is 3. The Balaban J connectivity index is 1.96. The van der Waals surface area contributed by atoms with Gasteiger partial charge < -0.3 is 16.0 Å². The summed E-state index contributed by atoms with van der Waals surface area (Å²) in [5, 5.41) is 2.42. The van der Waals surface area contributed by atoms with Gasteiger partial charge in [0.1, 0.15) is 0 Å². The lowest BCUT2D eigenvalue weighted by Crippen LogP contribution is -2.41. The second-order valence-corrected chi connectivity index (χ2v) is 5.26. The Hall–Kier alpha value is -2.32. The topological polar surface area (TPSA) is 75.4 Å². The molecule has 2 rings (SSSR count). The maximum Gasteiger partial charge on any atom is 0.416 e. The van der Waals surface area contributed by atoms with Crippen molar-refractivity contribution in [2.45, 2.75) is 24.8 Å². The van der Waals surface area contributed by atoms with Crippen LogP contribution in [-0.2, 0) is 11.0 Å². The Morgan fingerprint density at radius 2 is 1.87 bits per heavy atom. The van der Waals surface area contributed by atoms with Gasteiger partial charge in [0.25, 0.3) is 5.91 Å². The van der Waals surface area contributed by atoms with Crippen molar-refractivity contribution >= 4 is 11.9 Å². The summed E-state index contributed by atoms with van der Waals surface area (Å²) < 4.78 is 51.4. The van der Waals surface area contributed by atoms with Crippen molar-refractivity contribution in [3.05, 3.63) is 35.4 Å². The van der Waals surface area contributed by atoms with Crippen LogP contribution in [-0.4, -0.2) is 36.0 Å². The van der Waals surface area contributed by atoms with Crippen molar-refractivity contribution in [1.29, 1.82) is 0 Å². The van der Waals surface area contributed by atoms with Crippen molar-refractivity contribution in [3.63, 3.8) is 0 Å². The van der Waals surface area contributed by atoms with Crippen LogP contribution in [0.4, 0.5) is 22.4 Å². The zero-order chi connectivity index (χ0) is 17.2. The number of benzene rings is 1. The molecule has 1 aromatic rings. The Morgan fingerprint density at radius 3 is 2.35 bits per heavy atom. The molecule has 1 aliphatic rings. The van der Waals surface area contributed by atoms with Gasteiger partial charge in [-0.1, -0.05) is 12.1 Å². The van der Waals surface area contributed by atoms with Crippen LogP contribution in [0.2, 0.25) is 0 Å². The first kappa shape index (κ1) is 17.0. The number of nitrogens with zero attached hydrogens (tertiary/aromatic N) is 1. The molecule has 0 aromatic heterocycles. The van der Waals surface area contributed by atoms with Gasteiger partial charge in [0, 0.05) is 19.1 Å². The van der Waals surface area contributed by atoms with Gasteiger partial charge in [-0.2, -0.15) is 13.2 Å². The highest BCUT2D eigenvalue weighted by Crippen LogP contribution is 2.30. The SMILES string of the molecule is NC(=O)N1CCC(NC(=O)C(F)c2ccc(C(F)(F)F)cc2)C1. The lowest BCUT2D eigenvalue weighted by Gasteiger charge is -2.16. The fourth-order valence-corrected chi connectivity index (χ4v) is 2.35. The molecule has 0 aliphatic carbocycles. The summed E-state index contributed by atoms with van der Waals surface area (Å²) in [7, 11) is 0. The smallest absolute Gasteiger partial charge is 0.351 e. The number of primary amides is 1. The minimum Gasteiger partial charge on any atom is -0.351 e. The van der Waals surface area contributed by atoms with Crippen molar-refractivity contribution in [3.8, 4) is 0 Å². The highest BCUT2D eigenvalue weighted by molar-refractivity contribution is 5.82. The van der Waals surface area contributed by atoms with E-state index in [0.29, 0.717) is 13.0 Å². The van der Waals surface area contributed by atoms with E-state index in [4.69, 9.17) is 5.73 Å². The number of hydrogen-bond acceptors (Lipinski definition) is 2. The second kappa shape index (κ2) is 6.43. The molecule has 3 N–H and O–H groups in total. The van der Waals surface area contributed by atoms with E-state index in [1.807, 2.05) is 0 Å². The minimum atomic E-state index is -4.52. The maximum absolute atomic E-state index is 14.1. The van der Waals surface area contributed by atoms with Crippen molar-refractivity contribution < 1.29 is 27.2 Å². The summed E-state index contributed by atoms with van der Waals surface area (Å²) >= 11 is 0. The van der Waals surface area contributed by atoms with Crippen LogP contribution in [0.3, 0.4) is 0 Å². The van der Waals surface area contributed by atoms with E-state index in [0.717, 1.165) is 24.3 Å². The van der Waals surface area contributed by atoms with Crippen molar-refractivity contribution in [2.75, 3.05) is 13.1 Å². The molecule has 1 aliphatic heterocycles. The lowest BCUT2D eigenvalue weighted by atomic mass is 10.1. The third kappa shape index (κ3) is 4.11. The lowest BCUT2D eigenvalue weighted by molar-refractivity contribution is -0.137. The molecule has 1 aromatic carbocycles. The zero-order valence-electron chi connectivity index (χ0n) is 11.9. The van der Waals surface area contributed by atoms with Gasteiger partial charge in [0.15, 0.2) is 0 Å². The van der Waals surface area contributed by atoms with Gasteiger partial charge in [-0.25, -0.2) is 9.18 Å². The van der Waals surface area contributed by atoms with E-state index in [-0.39, 0.29) is 12.1 Å². The van der Waals surface area contributed by atoms with Crippen LogP contribution in [0.15, 0.2) is 24.3 Å². The van der Waals surface area contributed by atoms with Crippen molar-refractivity contribution in [2.24, 2.45) is 5.73 Å². The number of nitrogens with two attached hydrogens (primary N) is 1.